The molecule has 0 spiro atoms. The SMILES string of the molecule is CC.CC(C)(C)OC(=O)N1CCN(c2nc(F)nc3c(F)c(Br)c(Cl)cc23)CC1. The van der Waals surface area contributed by atoms with E-state index in [-0.39, 0.29) is 20.8 Å². The summed E-state index contributed by atoms with van der Waals surface area (Å²) in [5, 5.41) is 0.455. The number of hydrogen-bond acceptors (Lipinski definition) is 5. The van der Waals surface area contributed by atoms with E-state index in [2.05, 4.69) is 25.9 Å². The van der Waals surface area contributed by atoms with Gasteiger partial charge in [0.05, 0.1) is 9.50 Å². The highest BCUT2D eigenvalue weighted by atomic mass is 79.9. The van der Waals surface area contributed by atoms with Crippen molar-refractivity contribution >= 4 is 50.3 Å². The second-order valence-corrected chi connectivity index (χ2v) is 8.35. The molecule has 1 amide bonds. The molecule has 1 aromatic carbocycles. The van der Waals surface area contributed by atoms with E-state index < -0.39 is 23.6 Å². The fraction of sp³-hybridized carbons (Fsp3) is 0.526. The molecule has 0 N–H and O–H groups in total. The average molecular weight is 494 g/mol. The van der Waals surface area contributed by atoms with Crippen LogP contribution in [0.3, 0.4) is 0 Å². The molecular weight excluding hydrogens is 470 g/mol. The molecule has 1 fully saturated rings. The number of anilines is 1. The zero-order chi connectivity index (χ0) is 21.9. The maximum absolute atomic E-state index is 14.4. The predicted molar refractivity (Wildman–Crippen MR) is 114 cm³/mol. The molecule has 1 saturated heterocycles. The number of hydrogen-bond donors (Lipinski definition) is 0. The van der Waals surface area contributed by atoms with Gasteiger partial charge in [-0.1, -0.05) is 25.4 Å². The molecule has 160 valence electrons. The molecule has 2 aromatic rings. The molecular formula is C19H24BrClF2N4O2. The Hall–Kier alpha value is -1.74. The molecule has 1 aromatic heterocycles. The maximum Gasteiger partial charge on any atom is 0.410 e. The Kier molecular flexibility index (Phi) is 7.62. The van der Waals surface area contributed by atoms with Gasteiger partial charge in [-0.25, -0.2) is 9.18 Å². The number of nitrogens with zero attached hydrogens (tertiary/aromatic N) is 4. The number of carbonyl (C=O) groups excluding carboxylic acids is 1. The van der Waals surface area contributed by atoms with Crippen molar-refractivity contribution in [1.29, 1.82) is 0 Å². The number of carbonyl (C=O) groups is 1. The lowest BCUT2D eigenvalue weighted by Crippen LogP contribution is -2.50. The van der Waals surface area contributed by atoms with Crippen LogP contribution in [-0.2, 0) is 4.74 Å². The fourth-order valence-corrected chi connectivity index (χ4v) is 3.29. The number of ether oxygens (including phenoxy) is 1. The maximum atomic E-state index is 14.4. The molecule has 0 saturated carbocycles. The number of amides is 1. The van der Waals surface area contributed by atoms with E-state index in [1.165, 1.54) is 6.07 Å². The highest BCUT2D eigenvalue weighted by Crippen LogP contribution is 2.35. The van der Waals surface area contributed by atoms with E-state index >= 15 is 0 Å². The summed E-state index contributed by atoms with van der Waals surface area (Å²) >= 11 is 9.08. The molecule has 0 atom stereocenters. The number of halogens is 4. The van der Waals surface area contributed by atoms with Crippen molar-refractivity contribution in [3.63, 3.8) is 0 Å². The second kappa shape index (κ2) is 9.38. The number of piperazine rings is 1. The number of rotatable bonds is 1. The summed E-state index contributed by atoms with van der Waals surface area (Å²) in [6.07, 6.45) is -1.43. The predicted octanol–water partition coefficient (Wildman–Crippen LogP) is 5.41. The molecule has 0 radical (unpaired) electrons. The monoisotopic (exact) mass is 492 g/mol. The van der Waals surface area contributed by atoms with Crippen molar-refractivity contribution in [2.75, 3.05) is 31.1 Å². The third kappa shape index (κ3) is 5.45. The Bertz CT molecular complexity index is 900. The molecule has 0 aliphatic carbocycles. The van der Waals surface area contributed by atoms with Crippen LogP contribution in [0.5, 0.6) is 0 Å². The van der Waals surface area contributed by atoms with Crippen LogP contribution in [0.1, 0.15) is 34.6 Å². The Balaban J connectivity index is 0.00000145. The first-order valence-corrected chi connectivity index (χ1v) is 10.5. The quantitative estimate of drug-likeness (QED) is 0.393. The molecule has 0 bridgehead atoms. The molecule has 1 aliphatic heterocycles. The third-order valence-corrected chi connectivity index (χ3v) is 5.31. The van der Waals surface area contributed by atoms with E-state index in [1.807, 2.05) is 13.8 Å². The molecule has 2 heterocycles. The first-order chi connectivity index (χ1) is 13.6. The molecule has 3 rings (SSSR count). The first-order valence-electron chi connectivity index (χ1n) is 9.30. The van der Waals surface area contributed by atoms with Crippen LogP contribution in [0.25, 0.3) is 10.9 Å². The smallest absolute Gasteiger partial charge is 0.410 e. The van der Waals surface area contributed by atoms with E-state index in [0.29, 0.717) is 31.6 Å². The standard InChI is InChI=1S/C17H18BrClF2N4O2.C2H6/c1-17(2,3)27-16(26)25-6-4-24(5-7-25)14-9-8-10(19)11(18)12(20)13(9)22-15(21)23-14;1-2/h8H,4-7H2,1-3H3;1-2H3. The topological polar surface area (TPSA) is 58.6 Å². The number of benzene rings is 1. The van der Waals surface area contributed by atoms with Crippen molar-refractivity contribution in [2.45, 2.75) is 40.2 Å². The van der Waals surface area contributed by atoms with Crippen LogP contribution in [0.15, 0.2) is 10.5 Å². The van der Waals surface area contributed by atoms with Gasteiger partial charge in [-0.3, -0.25) is 0 Å². The van der Waals surface area contributed by atoms with Gasteiger partial charge in [0.15, 0.2) is 5.82 Å². The van der Waals surface area contributed by atoms with Gasteiger partial charge in [0, 0.05) is 31.6 Å². The minimum atomic E-state index is -1.03. The normalized spacial score (nSPS) is 14.5. The minimum absolute atomic E-state index is 0.0236. The van der Waals surface area contributed by atoms with Crippen molar-refractivity contribution in [1.82, 2.24) is 14.9 Å². The van der Waals surface area contributed by atoms with Gasteiger partial charge < -0.3 is 14.5 Å². The van der Waals surface area contributed by atoms with Crippen LogP contribution in [-0.4, -0.2) is 52.7 Å². The Labute approximate surface area is 182 Å². The van der Waals surface area contributed by atoms with Crippen LogP contribution in [0.4, 0.5) is 19.4 Å². The lowest BCUT2D eigenvalue weighted by atomic mass is 10.2. The lowest BCUT2D eigenvalue weighted by molar-refractivity contribution is 0.0240. The molecule has 1 aliphatic rings. The van der Waals surface area contributed by atoms with Gasteiger partial charge >= 0.3 is 12.2 Å². The van der Waals surface area contributed by atoms with Crippen LogP contribution in [0.2, 0.25) is 5.02 Å². The van der Waals surface area contributed by atoms with Gasteiger partial charge in [-0.05, 0) is 42.8 Å². The molecule has 0 unspecified atom stereocenters. The number of aromatic nitrogens is 2. The summed E-state index contributed by atoms with van der Waals surface area (Å²) in [4.78, 5) is 22.9. The highest BCUT2D eigenvalue weighted by Gasteiger charge is 2.28. The molecule has 29 heavy (non-hydrogen) atoms. The first kappa shape index (κ1) is 23.5. The summed E-state index contributed by atoms with van der Waals surface area (Å²) in [5.74, 6) is -0.498. The summed E-state index contributed by atoms with van der Waals surface area (Å²) in [7, 11) is 0. The number of fused-ring (bicyclic) bond motifs is 1. The van der Waals surface area contributed by atoms with Crippen LogP contribution in [0, 0.1) is 11.9 Å². The summed E-state index contributed by atoms with van der Waals surface area (Å²) in [6.45, 7) is 10.9. The van der Waals surface area contributed by atoms with Gasteiger partial charge in [-0.15, -0.1) is 0 Å². The van der Waals surface area contributed by atoms with Crippen molar-refractivity contribution in [2.24, 2.45) is 0 Å². The van der Waals surface area contributed by atoms with E-state index in [0.717, 1.165) is 0 Å². The van der Waals surface area contributed by atoms with Gasteiger partial charge in [0.2, 0.25) is 0 Å². The van der Waals surface area contributed by atoms with Gasteiger partial charge in [0.1, 0.15) is 16.9 Å². The van der Waals surface area contributed by atoms with E-state index in [4.69, 9.17) is 16.3 Å². The highest BCUT2D eigenvalue weighted by molar-refractivity contribution is 9.10. The largest absolute Gasteiger partial charge is 0.444 e. The summed E-state index contributed by atoms with van der Waals surface area (Å²) in [6, 6.07) is 1.50. The molecule has 6 nitrogen and oxygen atoms in total. The Morgan fingerprint density at radius 3 is 2.31 bits per heavy atom. The van der Waals surface area contributed by atoms with Crippen LogP contribution < -0.4 is 4.90 Å². The Morgan fingerprint density at radius 2 is 1.76 bits per heavy atom. The van der Waals surface area contributed by atoms with Crippen molar-refractivity contribution in [3.05, 3.63) is 27.5 Å². The third-order valence-electron chi connectivity index (χ3n) is 4.01. The van der Waals surface area contributed by atoms with Gasteiger partial charge in [0.25, 0.3) is 0 Å². The zero-order valence-corrected chi connectivity index (χ0v) is 19.4. The van der Waals surface area contributed by atoms with E-state index in [9.17, 15) is 13.6 Å². The fourth-order valence-electron chi connectivity index (χ4n) is 2.80. The second-order valence-electron chi connectivity index (χ2n) is 7.15. The minimum Gasteiger partial charge on any atom is -0.444 e. The zero-order valence-electron chi connectivity index (χ0n) is 17.0. The van der Waals surface area contributed by atoms with Crippen molar-refractivity contribution in [3.8, 4) is 0 Å². The summed E-state index contributed by atoms with van der Waals surface area (Å²) in [5.41, 5.74) is -0.731. The van der Waals surface area contributed by atoms with Gasteiger partial charge in [-0.2, -0.15) is 14.4 Å². The van der Waals surface area contributed by atoms with Crippen molar-refractivity contribution < 1.29 is 18.3 Å². The van der Waals surface area contributed by atoms with E-state index in [1.54, 1.807) is 30.6 Å². The average Bonchev–Trinajstić information content (AvgIpc) is 2.67. The lowest BCUT2D eigenvalue weighted by Gasteiger charge is -2.36. The van der Waals surface area contributed by atoms with Crippen LogP contribution >= 0.6 is 27.5 Å². The summed E-state index contributed by atoms with van der Waals surface area (Å²) < 4.78 is 33.7. The molecule has 10 heteroatoms. The Morgan fingerprint density at radius 1 is 1.17 bits per heavy atom.